The first kappa shape index (κ1) is 19.9. The van der Waals surface area contributed by atoms with Gasteiger partial charge in [0.25, 0.3) is 5.91 Å². The first-order valence-electron chi connectivity index (χ1n) is 8.65. The van der Waals surface area contributed by atoms with E-state index in [9.17, 15) is 9.59 Å². The molecule has 0 atom stereocenters. The van der Waals surface area contributed by atoms with Gasteiger partial charge >= 0.3 is 5.97 Å². The first-order valence-corrected chi connectivity index (χ1v) is 9.40. The number of carbonyl (C=O) groups excluding carboxylic acids is 2. The topological polar surface area (TPSA) is 115 Å². The molecule has 0 bridgehead atoms. The highest BCUT2D eigenvalue weighted by atomic mass is 35.5. The lowest BCUT2D eigenvalue weighted by Crippen LogP contribution is -2.14. The van der Waals surface area contributed by atoms with Crippen LogP contribution in [0.5, 0.6) is 0 Å². The van der Waals surface area contributed by atoms with Crippen LogP contribution < -0.4 is 5.32 Å². The van der Waals surface area contributed by atoms with E-state index in [-0.39, 0.29) is 11.5 Å². The Bertz CT molecular complexity index is 1280. The Morgan fingerprint density at radius 3 is 2.60 bits per heavy atom. The van der Waals surface area contributed by atoms with E-state index in [1.54, 1.807) is 43.3 Å². The molecule has 0 unspecified atom stereocenters. The average molecular weight is 445 g/mol. The van der Waals surface area contributed by atoms with E-state index < -0.39 is 11.9 Å². The molecular weight excluding hydrogens is 431 g/mol. The monoisotopic (exact) mass is 444 g/mol. The third-order valence-electron chi connectivity index (χ3n) is 4.32. The summed E-state index contributed by atoms with van der Waals surface area (Å²) >= 11 is 12.5. The summed E-state index contributed by atoms with van der Waals surface area (Å²) in [6.07, 6.45) is 0. The van der Waals surface area contributed by atoms with Crippen LogP contribution in [-0.4, -0.2) is 43.9 Å². The van der Waals surface area contributed by atoms with Gasteiger partial charge in [-0.3, -0.25) is 9.89 Å². The zero-order chi connectivity index (χ0) is 21.4. The van der Waals surface area contributed by atoms with Crippen molar-refractivity contribution in [3.8, 4) is 5.69 Å². The van der Waals surface area contributed by atoms with Gasteiger partial charge in [0.2, 0.25) is 5.82 Å². The fourth-order valence-electron chi connectivity index (χ4n) is 2.92. The van der Waals surface area contributed by atoms with Crippen molar-refractivity contribution in [2.75, 3.05) is 12.4 Å². The van der Waals surface area contributed by atoms with Crippen molar-refractivity contribution < 1.29 is 14.3 Å². The molecule has 30 heavy (non-hydrogen) atoms. The van der Waals surface area contributed by atoms with Gasteiger partial charge in [-0.2, -0.15) is 5.10 Å². The molecule has 2 aromatic heterocycles. The Morgan fingerprint density at radius 2 is 1.90 bits per heavy atom. The van der Waals surface area contributed by atoms with E-state index in [2.05, 4.69) is 25.6 Å². The number of amides is 1. The third kappa shape index (κ3) is 3.49. The summed E-state index contributed by atoms with van der Waals surface area (Å²) in [6, 6.07) is 10.0. The first-order chi connectivity index (χ1) is 14.4. The molecular formula is C19H14Cl2N6O3. The maximum atomic E-state index is 12.7. The van der Waals surface area contributed by atoms with Gasteiger partial charge in [0.15, 0.2) is 5.69 Å². The van der Waals surface area contributed by atoms with E-state index >= 15 is 0 Å². The van der Waals surface area contributed by atoms with Gasteiger partial charge in [-0.05, 0) is 37.3 Å². The standard InChI is InChI=1S/C19H14Cl2N6O3/c1-9-22-17(26-27(9)16-12(20)4-3-5-13(16)21)18(28)23-10-6-7-14-11(8-10)15(25-24-14)19(29)30-2/h3-8H,1-2H3,(H,23,28)(H,24,25). The van der Waals surface area contributed by atoms with Crippen molar-refractivity contribution in [3.05, 3.63) is 63.8 Å². The van der Waals surface area contributed by atoms with Crippen molar-refractivity contribution in [1.29, 1.82) is 0 Å². The Kier molecular flexibility index (Phi) is 5.15. The minimum absolute atomic E-state index is 0.0658. The molecule has 152 valence electrons. The minimum atomic E-state index is -0.586. The number of aryl methyl sites for hydroxylation is 1. The van der Waals surface area contributed by atoms with Crippen molar-refractivity contribution in [2.45, 2.75) is 6.92 Å². The number of rotatable bonds is 4. The van der Waals surface area contributed by atoms with E-state index in [1.165, 1.54) is 11.8 Å². The highest BCUT2D eigenvalue weighted by Gasteiger charge is 2.20. The predicted molar refractivity (Wildman–Crippen MR) is 112 cm³/mol. The number of methoxy groups -OCH3 is 1. The molecule has 9 nitrogen and oxygen atoms in total. The van der Waals surface area contributed by atoms with E-state index in [4.69, 9.17) is 27.9 Å². The number of nitrogens with one attached hydrogen (secondary N) is 2. The average Bonchev–Trinajstić information content (AvgIpc) is 3.31. The number of halogens is 2. The van der Waals surface area contributed by atoms with Gasteiger partial charge in [0.1, 0.15) is 11.5 Å². The molecule has 11 heteroatoms. The molecule has 0 saturated carbocycles. The number of fused-ring (bicyclic) bond motifs is 1. The Hall–Kier alpha value is -3.43. The second-order valence-electron chi connectivity index (χ2n) is 6.24. The van der Waals surface area contributed by atoms with Gasteiger partial charge in [-0.1, -0.05) is 29.3 Å². The lowest BCUT2D eigenvalue weighted by atomic mass is 10.2. The molecule has 0 aliphatic carbocycles. The summed E-state index contributed by atoms with van der Waals surface area (Å²) in [6.45, 7) is 1.68. The number of aromatic nitrogens is 5. The zero-order valence-corrected chi connectivity index (χ0v) is 17.2. The Balaban J connectivity index is 1.64. The summed E-state index contributed by atoms with van der Waals surface area (Å²) in [5, 5.41) is 14.9. The number of anilines is 1. The number of aromatic amines is 1. The van der Waals surface area contributed by atoms with E-state index in [1.807, 2.05) is 0 Å². The van der Waals surface area contributed by atoms with E-state index in [0.717, 1.165) is 0 Å². The van der Waals surface area contributed by atoms with E-state index in [0.29, 0.717) is 38.1 Å². The van der Waals surface area contributed by atoms with Crippen LogP contribution in [0.2, 0.25) is 10.0 Å². The molecule has 0 radical (unpaired) electrons. The fourth-order valence-corrected chi connectivity index (χ4v) is 3.48. The second-order valence-corrected chi connectivity index (χ2v) is 7.06. The quantitative estimate of drug-likeness (QED) is 0.462. The largest absolute Gasteiger partial charge is 0.464 e. The number of nitrogens with zero attached hydrogens (tertiary/aromatic N) is 4. The lowest BCUT2D eigenvalue weighted by Gasteiger charge is -2.07. The molecule has 4 rings (SSSR count). The summed E-state index contributed by atoms with van der Waals surface area (Å²) in [7, 11) is 1.27. The molecule has 2 N–H and O–H groups in total. The molecule has 0 aliphatic rings. The number of benzene rings is 2. The van der Waals surface area contributed by atoms with Gasteiger partial charge in [-0.25, -0.2) is 14.5 Å². The zero-order valence-electron chi connectivity index (χ0n) is 15.7. The van der Waals surface area contributed by atoms with Crippen molar-refractivity contribution in [2.24, 2.45) is 0 Å². The third-order valence-corrected chi connectivity index (χ3v) is 4.93. The summed E-state index contributed by atoms with van der Waals surface area (Å²) in [5.74, 6) is -0.753. The molecule has 2 heterocycles. The number of hydrogen-bond donors (Lipinski definition) is 2. The molecule has 1 amide bonds. The summed E-state index contributed by atoms with van der Waals surface area (Å²) in [5.41, 5.74) is 1.62. The van der Waals surface area contributed by atoms with Crippen LogP contribution in [0.1, 0.15) is 26.9 Å². The number of hydrogen-bond acceptors (Lipinski definition) is 6. The molecule has 4 aromatic rings. The lowest BCUT2D eigenvalue weighted by molar-refractivity contribution is 0.0596. The minimum Gasteiger partial charge on any atom is -0.464 e. The Morgan fingerprint density at radius 1 is 1.17 bits per heavy atom. The highest BCUT2D eigenvalue weighted by Crippen LogP contribution is 2.28. The highest BCUT2D eigenvalue weighted by molar-refractivity contribution is 6.37. The molecule has 2 aromatic carbocycles. The van der Waals surface area contributed by atoms with Crippen molar-refractivity contribution >= 4 is 51.7 Å². The van der Waals surface area contributed by atoms with Crippen molar-refractivity contribution in [1.82, 2.24) is 25.0 Å². The molecule has 0 spiro atoms. The molecule has 0 fully saturated rings. The summed E-state index contributed by atoms with van der Waals surface area (Å²) < 4.78 is 6.13. The molecule has 0 aliphatic heterocycles. The van der Waals surface area contributed by atoms with Crippen LogP contribution in [0.15, 0.2) is 36.4 Å². The Labute approximate surface area is 180 Å². The van der Waals surface area contributed by atoms with Crippen molar-refractivity contribution in [3.63, 3.8) is 0 Å². The SMILES string of the molecule is COC(=O)c1n[nH]c2ccc(NC(=O)c3nc(C)n(-c4c(Cl)cccc4Cl)n3)cc12. The summed E-state index contributed by atoms with van der Waals surface area (Å²) in [4.78, 5) is 28.7. The van der Waals surface area contributed by atoms with Gasteiger partial charge in [-0.15, -0.1) is 5.10 Å². The van der Waals surface area contributed by atoms with Gasteiger partial charge < -0.3 is 10.1 Å². The van der Waals surface area contributed by atoms with Crippen LogP contribution in [0.3, 0.4) is 0 Å². The van der Waals surface area contributed by atoms with Crippen LogP contribution in [0.25, 0.3) is 16.6 Å². The van der Waals surface area contributed by atoms with Gasteiger partial charge in [0.05, 0.1) is 22.7 Å². The predicted octanol–water partition coefficient (Wildman–Crippen LogP) is 3.80. The number of ether oxygens (including phenoxy) is 1. The van der Waals surface area contributed by atoms with Crippen LogP contribution in [0.4, 0.5) is 5.69 Å². The van der Waals surface area contributed by atoms with Crippen LogP contribution in [-0.2, 0) is 4.74 Å². The van der Waals surface area contributed by atoms with Crippen LogP contribution in [0, 0.1) is 6.92 Å². The number of para-hydroxylation sites is 1. The number of H-pyrrole nitrogens is 1. The fraction of sp³-hybridized carbons (Fsp3) is 0.105. The maximum absolute atomic E-state index is 12.7. The number of carbonyl (C=O) groups is 2. The second kappa shape index (κ2) is 7.77. The normalized spacial score (nSPS) is 10.9. The number of esters is 1. The smallest absolute Gasteiger partial charge is 0.359 e. The van der Waals surface area contributed by atoms with Crippen LogP contribution >= 0.6 is 23.2 Å². The maximum Gasteiger partial charge on any atom is 0.359 e. The van der Waals surface area contributed by atoms with Gasteiger partial charge in [0, 0.05) is 11.1 Å². The molecule has 0 saturated heterocycles.